The number of imide groups is 1. The Bertz CT molecular complexity index is 634. The zero-order chi connectivity index (χ0) is 18.4. The SMILES string of the molecule is COC[C@H](C)NC(=O)CN1C(=O)N[C@](C)(CCc2ccccc2)C1=O. The van der Waals surface area contributed by atoms with Gasteiger partial charge in [0.05, 0.1) is 6.61 Å². The Labute approximate surface area is 147 Å². The van der Waals surface area contributed by atoms with Crippen LogP contribution in [0.15, 0.2) is 30.3 Å². The highest BCUT2D eigenvalue weighted by molar-refractivity contribution is 6.08. The van der Waals surface area contributed by atoms with Crippen LogP contribution in [-0.4, -0.2) is 54.6 Å². The van der Waals surface area contributed by atoms with Crippen molar-refractivity contribution in [2.75, 3.05) is 20.3 Å². The van der Waals surface area contributed by atoms with E-state index in [2.05, 4.69) is 10.6 Å². The van der Waals surface area contributed by atoms with Gasteiger partial charge in [-0.1, -0.05) is 30.3 Å². The molecule has 25 heavy (non-hydrogen) atoms. The summed E-state index contributed by atoms with van der Waals surface area (Å²) in [5.74, 6) is -0.761. The average molecular weight is 347 g/mol. The zero-order valence-electron chi connectivity index (χ0n) is 14.9. The van der Waals surface area contributed by atoms with Crippen molar-refractivity contribution >= 4 is 17.8 Å². The van der Waals surface area contributed by atoms with Gasteiger partial charge in [-0.05, 0) is 32.3 Å². The molecule has 7 nitrogen and oxygen atoms in total. The van der Waals surface area contributed by atoms with E-state index in [0.29, 0.717) is 19.4 Å². The molecule has 1 saturated heterocycles. The lowest BCUT2D eigenvalue weighted by Gasteiger charge is -2.22. The number of rotatable bonds is 8. The molecule has 0 unspecified atom stereocenters. The lowest BCUT2D eigenvalue weighted by Crippen LogP contribution is -2.46. The van der Waals surface area contributed by atoms with Gasteiger partial charge >= 0.3 is 6.03 Å². The van der Waals surface area contributed by atoms with Crippen LogP contribution in [0.25, 0.3) is 0 Å². The molecule has 2 atom stereocenters. The van der Waals surface area contributed by atoms with Crippen molar-refractivity contribution in [3.63, 3.8) is 0 Å². The first-order valence-corrected chi connectivity index (χ1v) is 8.32. The normalized spacial score (nSPS) is 21.2. The summed E-state index contributed by atoms with van der Waals surface area (Å²) < 4.78 is 4.95. The monoisotopic (exact) mass is 347 g/mol. The number of amides is 4. The minimum atomic E-state index is -0.995. The second kappa shape index (κ2) is 8.11. The number of urea groups is 1. The minimum Gasteiger partial charge on any atom is -0.383 e. The highest BCUT2D eigenvalue weighted by Crippen LogP contribution is 2.23. The highest BCUT2D eigenvalue weighted by Gasteiger charge is 2.47. The van der Waals surface area contributed by atoms with E-state index < -0.39 is 11.6 Å². The van der Waals surface area contributed by atoms with Gasteiger partial charge in [-0.2, -0.15) is 0 Å². The first-order chi connectivity index (χ1) is 11.9. The fourth-order valence-electron chi connectivity index (χ4n) is 2.85. The van der Waals surface area contributed by atoms with Crippen molar-refractivity contribution in [1.29, 1.82) is 0 Å². The number of ether oxygens (including phenoxy) is 1. The molecule has 0 radical (unpaired) electrons. The summed E-state index contributed by atoms with van der Waals surface area (Å²) in [5.41, 5.74) is 0.0982. The van der Waals surface area contributed by atoms with Crippen LogP contribution in [0, 0.1) is 0 Å². The molecule has 1 heterocycles. The number of nitrogens with one attached hydrogen (secondary N) is 2. The molecule has 2 rings (SSSR count). The Hall–Kier alpha value is -2.41. The van der Waals surface area contributed by atoms with Crippen LogP contribution in [0.4, 0.5) is 4.79 Å². The van der Waals surface area contributed by atoms with Gasteiger partial charge in [0, 0.05) is 13.2 Å². The van der Waals surface area contributed by atoms with E-state index in [-0.39, 0.29) is 24.4 Å². The molecular formula is C18H25N3O4. The third-order valence-corrected chi connectivity index (χ3v) is 4.23. The summed E-state index contributed by atoms with van der Waals surface area (Å²) in [5, 5.41) is 5.41. The van der Waals surface area contributed by atoms with Gasteiger partial charge in [0.2, 0.25) is 5.91 Å². The molecule has 136 valence electrons. The van der Waals surface area contributed by atoms with E-state index in [1.807, 2.05) is 30.3 Å². The van der Waals surface area contributed by atoms with E-state index in [4.69, 9.17) is 4.74 Å². The average Bonchev–Trinajstić information content (AvgIpc) is 2.78. The lowest BCUT2D eigenvalue weighted by molar-refractivity contribution is -0.135. The van der Waals surface area contributed by atoms with E-state index in [9.17, 15) is 14.4 Å². The molecule has 0 bridgehead atoms. The molecule has 1 aliphatic rings. The molecule has 0 aromatic heterocycles. The van der Waals surface area contributed by atoms with Crippen molar-refractivity contribution < 1.29 is 19.1 Å². The second-order valence-electron chi connectivity index (χ2n) is 6.56. The molecule has 7 heteroatoms. The highest BCUT2D eigenvalue weighted by atomic mass is 16.5. The topological polar surface area (TPSA) is 87.7 Å². The maximum Gasteiger partial charge on any atom is 0.325 e. The molecule has 1 aliphatic heterocycles. The molecule has 1 aromatic carbocycles. The first-order valence-electron chi connectivity index (χ1n) is 8.32. The maximum atomic E-state index is 12.6. The van der Waals surface area contributed by atoms with Crippen LogP contribution in [0.1, 0.15) is 25.8 Å². The molecule has 1 aromatic rings. The van der Waals surface area contributed by atoms with E-state index >= 15 is 0 Å². The number of hydrogen-bond acceptors (Lipinski definition) is 4. The zero-order valence-corrected chi connectivity index (χ0v) is 14.9. The van der Waals surface area contributed by atoms with E-state index in [1.165, 1.54) is 7.11 Å². The third kappa shape index (κ3) is 4.79. The third-order valence-electron chi connectivity index (χ3n) is 4.23. The minimum absolute atomic E-state index is 0.192. The summed E-state index contributed by atoms with van der Waals surface area (Å²) in [4.78, 5) is 37.8. The number of nitrogens with zero attached hydrogens (tertiary/aromatic N) is 1. The summed E-state index contributed by atoms with van der Waals surface area (Å²) in [6.45, 7) is 3.55. The predicted octanol–water partition coefficient (Wildman–Crippen LogP) is 1.08. The van der Waals surface area contributed by atoms with Gasteiger partial charge in [-0.25, -0.2) is 4.79 Å². The quantitative estimate of drug-likeness (QED) is 0.689. The fraction of sp³-hybridized carbons (Fsp3) is 0.500. The number of carbonyl (C=O) groups excluding carboxylic acids is 3. The number of aryl methyl sites for hydroxylation is 1. The van der Waals surface area contributed by atoms with Gasteiger partial charge in [-0.15, -0.1) is 0 Å². The molecule has 4 amide bonds. The Kier molecular flexibility index (Phi) is 6.14. The number of benzene rings is 1. The molecule has 0 aliphatic carbocycles. The lowest BCUT2D eigenvalue weighted by atomic mass is 9.93. The molecule has 1 fully saturated rings. The van der Waals surface area contributed by atoms with Gasteiger partial charge in [-0.3, -0.25) is 14.5 Å². The van der Waals surface area contributed by atoms with E-state index in [0.717, 1.165) is 10.5 Å². The summed E-state index contributed by atoms with van der Waals surface area (Å²) in [7, 11) is 1.54. The largest absolute Gasteiger partial charge is 0.383 e. The van der Waals surface area contributed by atoms with Crippen LogP contribution in [0.2, 0.25) is 0 Å². The van der Waals surface area contributed by atoms with Gasteiger partial charge in [0.1, 0.15) is 12.1 Å². The van der Waals surface area contributed by atoms with Crippen molar-refractivity contribution in [2.24, 2.45) is 0 Å². The maximum absolute atomic E-state index is 12.6. The molecule has 0 spiro atoms. The number of hydrogen-bond donors (Lipinski definition) is 2. The van der Waals surface area contributed by atoms with Crippen LogP contribution in [-0.2, 0) is 20.7 Å². The smallest absolute Gasteiger partial charge is 0.325 e. The van der Waals surface area contributed by atoms with Crippen LogP contribution in [0.5, 0.6) is 0 Å². The van der Waals surface area contributed by atoms with Crippen molar-refractivity contribution in [2.45, 2.75) is 38.3 Å². The van der Waals surface area contributed by atoms with Gasteiger partial charge < -0.3 is 15.4 Å². The Morgan fingerprint density at radius 2 is 2.00 bits per heavy atom. The molecular weight excluding hydrogens is 322 g/mol. The fourth-order valence-corrected chi connectivity index (χ4v) is 2.85. The van der Waals surface area contributed by atoms with Crippen LogP contribution < -0.4 is 10.6 Å². The van der Waals surface area contributed by atoms with Crippen molar-refractivity contribution in [3.8, 4) is 0 Å². The summed E-state index contributed by atoms with van der Waals surface area (Å²) in [6.07, 6.45) is 1.13. The Morgan fingerprint density at radius 1 is 1.32 bits per heavy atom. The molecule has 2 N–H and O–H groups in total. The number of methoxy groups -OCH3 is 1. The van der Waals surface area contributed by atoms with Crippen LogP contribution >= 0.6 is 0 Å². The first kappa shape index (κ1) is 18.9. The summed E-state index contributed by atoms with van der Waals surface area (Å²) in [6, 6.07) is 9.03. The van der Waals surface area contributed by atoms with Crippen molar-refractivity contribution in [1.82, 2.24) is 15.5 Å². The van der Waals surface area contributed by atoms with Gasteiger partial charge in [0.15, 0.2) is 0 Å². The number of carbonyl (C=O) groups is 3. The molecule has 0 saturated carbocycles. The second-order valence-corrected chi connectivity index (χ2v) is 6.56. The Morgan fingerprint density at radius 3 is 2.64 bits per heavy atom. The van der Waals surface area contributed by atoms with Crippen LogP contribution in [0.3, 0.4) is 0 Å². The van der Waals surface area contributed by atoms with Crippen molar-refractivity contribution in [3.05, 3.63) is 35.9 Å². The van der Waals surface area contributed by atoms with Gasteiger partial charge in [0.25, 0.3) is 5.91 Å². The Balaban J connectivity index is 1.95. The predicted molar refractivity (Wildman–Crippen MR) is 92.9 cm³/mol. The summed E-state index contributed by atoms with van der Waals surface area (Å²) >= 11 is 0. The standard InChI is InChI=1S/C18H25N3O4/c1-13(12-25-3)19-15(22)11-21-16(23)18(2,20-17(21)24)10-9-14-7-5-4-6-8-14/h4-8,13H,9-12H2,1-3H3,(H,19,22)(H,20,24)/t13-,18+/m0/s1. The van der Waals surface area contributed by atoms with E-state index in [1.54, 1.807) is 13.8 Å².